The molecule has 0 fully saturated rings. The third kappa shape index (κ3) is 2.53. The first-order valence-electron chi connectivity index (χ1n) is 7.13. The van der Waals surface area contributed by atoms with E-state index < -0.39 is 17.5 Å². The standard InChI is InChI=1S/C17H18FNO3/c1-19-10-17(21)9-11-8-12(20)6-7-13(11)16(17)22-15-5-3-2-4-14(15)18/h2-8,16,19-21H,9-10H2,1H3. The number of aromatic hydroxyl groups is 1. The Hall–Kier alpha value is -2.11. The molecule has 1 aliphatic carbocycles. The van der Waals surface area contributed by atoms with Crippen molar-refractivity contribution in [3.05, 3.63) is 59.4 Å². The van der Waals surface area contributed by atoms with Gasteiger partial charge in [0.1, 0.15) is 11.4 Å². The first kappa shape index (κ1) is 14.8. The zero-order chi connectivity index (χ0) is 15.7. The van der Waals surface area contributed by atoms with E-state index in [1.54, 1.807) is 37.4 Å². The van der Waals surface area contributed by atoms with Gasteiger partial charge in [0, 0.05) is 13.0 Å². The van der Waals surface area contributed by atoms with E-state index in [2.05, 4.69) is 5.32 Å². The Balaban J connectivity index is 2.00. The van der Waals surface area contributed by atoms with E-state index in [1.807, 2.05) is 0 Å². The topological polar surface area (TPSA) is 61.7 Å². The zero-order valence-electron chi connectivity index (χ0n) is 12.2. The number of halogens is 1. The van der Waals surface area contributed by atoms with Gasteiger partial charge in [-0.05, 0) is 42.4 Å². The third-order valence-corrected chi connectivity index (χ3v) is 3.96. The van der Waals surface area contributed by atoms with Crippen molar-refractivity contribution in [2.45, 2.75) is 18.1 Å². The summed E-state index contributed by atoms with van der Waals surface area (Å²) in [6.45, 7) is 0.293. The van der Waals surface area contributed by atoms with Gasteiger partial charge in [0.15, 0.2) is 17.7 Å². The van der Waals surface area contributed by atoms with Crippen LogP contribution in [0.15, 0.2) is 42.5 Å². The maximum Gasteiger partial charge on any atom is 0.165 e. The van der Waals surface area contributed by atoms with E-state index in [-0.39, 0.29) is 11.5 Å². The number of aliphatic hydroxyl groups is 1. The highest BCUT2D eigenvalue weighted by Crippen LogP contribution is 2.43. The monoisotopic (exact) mass is 303 g/mol. The summed E-state index contributed by atoms with van der Waals surface area (Å²) in [7, 11) is 1.73. The Morgan fingerprint density at radius 2 is 2.09 bits per heavy atom. The number of likely N-dealkylation sites (N-methyl/N-ethyl adjacent to an activating group) is 1. The number of hydrogen-bond acceptors (Lipinski definition) is 4. The predicted octanol–water partition coefficient (Wildman–Crippen LogP) is 2.16. The lowest BCUT2D eigenvalue weighted by atomic mass is 9.97. The number of nitrogens with one attached hydrogen (secondary N) is 1. The van der Waals surface area contributed by atoms with Gasteiger partial charge in [-0.1, -0.05) is 18.2 Å². The van der Waals surface area contributed by atoms with Crippen molar-refractivity contribution >= 4 is 0 Å². The molecule has 1 aliphatic rings. The number of para-hydroxylation sites is 1. The molecular formula is C17H18FNO3. The number of benzene rings is 2. The van der Waals surface area contributed by atoms with Crippen LogP contribution in [0.2, 0.25) is 0 Å². The average molecular weight is 303 g/mol. The highest BCUT2D eigenvalue weighted by molar-refractivity contribution is 5.44. The van der Waals surface area contributed by atoms with Crippen LogP contribution in [0.3, 0.4) is 0 Å². The number of phenolic OH excluding ortho intramolecular Hbond substituents is 1. The van der Waals surface area contributed by atoms with Crippen molar-refractivity contribution in [3.8, 4) is 11.5 Å². The fourth-order valence-corrected chi connectivity index (χ4v) is 3.01. The maximum absolute atomic E-state index is 13.9. The molecule has 2 atom stereocenters. The lowest BCUT2D eigenvalue weighted by Gasteiger charge is -2.30. The molecule has 0 aliphatic heterocycles. The molecular weight excluding hydrogens is 285 g/mol. The van der Waals surface area contributed by atoms with Gasteiger partial charge in [-0.2, -0.15) is 0 Å². The molecule has 0 saturated heterocycles. The largest absolute Gasteiger partial charge is 0.508 e. The van der Waals surface area contributed by atoms with Crippen LogP contribution in [0.4, 0.5) is 4.39 Å². The maximum atomic E-state index is 13.9. The minimum absolute atomic E-state index is 0.1000. The Labute approximate surface area is 128 Å². The van der Waals surface area contributed by atoms with E-state index >= 15 is 0 Å². The van der Waals surface area contributed by atoms with E-state index in [4.69, 9.17) is 4.74 Å². The zero-order valence-corrected chi connectivity index (χ0v) is 12.2. The molecule has 0 amide bonds. The summed E-state index contributed by atoms with van der Waals surface area (Å²) in [4.78, 5) is 0. The van der Waals surface area contributed by atoms with Crippen molar-refractivity contribution in [1.29, 1.82) is 0 Å². The first-order chi connectivity index (χ1) is 10.5. The smallest absolute Gasteiger partial charge is 0.165 e. The van der Waals surface area contributed by atoms with Crippen LogP contribution < -0.4 is 10.1 Å². The van der Waals surface area contributed by atoms with E-state index in [0.717, 1.165) is 11.1 Å². The fourth-order valence-electron chi connectivity index (χ4n) is 3.01. The van der Waals surface area contributed by atoms with Crippen molar-refractivity contribution in [3.63, 3.8) is 0 Å². The third-order valence-electron chi connectivity index (χ3n) is 3.96. The van der Waals surface area contributed by atoms with Gasteiger partial charge in [0.25, 0.3) is 0 Å². The summed E-state index contributed by atoms with van der Waals surface area (Å²) in [5.41, 5.74) is 0.366. The van der Waals surface area contributed by atoms with Crippen LogP contribution in [0.1, 0.15) is 17.2 Å². The molecule has 5 heteroatoms. The Bertz CT molecular complexity index is 691. The van der Waals surface area contributed by atoms with Crippen LogP contribution in [0.25, 0.3) is 0 Å². The van der Waals surface area contributed by atoms with Gasteiger partial charge in [0.05, 0.1) is 0 Å². The van der Waals surface area contributed by atoms with Gasteiger partial charge in [-0.25, -0.2) is 4.39 Å². The molecule has 0 bridgehead atoms. The van der Waals surface area contributed by atoms with Crippen LogP contribution in [-0.4, -0.2) is 29.4 Å². The van der Waals surface area contributed by atoms with Crippen molar-refractivity contribution in [2.75, 3.05) is 13.6 Å². The molecule has 0 saturated carbocycles. The molecule has 3 rings (SSSR count). The summed E-state index contributed by atoms with van der Waals surface area (Å²) >= 11 is 0. The van der Waals surface area contributed by atoms with E-state index in [0.29, 0.717) is 13.0 Å². The lowest BCUT2D eigenvalue weighted by molar-refractivity contribution is -0.0496. The van der Waals surface area contributed by atoms with Crippen molar-refractivity contribution < 1.29 is 19.3 Å². The van der Waals surface area contributed by atoms with Gasteiger partial charge in [0.2, 0.25) is 0 Å². The summed E-state index contributed by atoms with van der Waals surface area (Å²) in [6, 6.07) is 11.0. The van der Waals surface area contributed by atoms with Gasteiger partial charge in [-0.15, -0.1) is 0 Å². The Morgan fingerprint density at radius 1 is 1.32 bits per heavy atom. The number of rotatable bonds is 4. The second-order valence-electron chi connectivity index (χ2n) is 5.62. The minimum Gasteiger partial charge on any atom is -0.508 e. The Morgan fingerprint density at radius 3 is 2.82 bits per heavy atom. The summed E-state index contributed by atoms with van der Waals surface area (Å²) < 4.78 is 19.7. The minimum atomic E-state index is -1.20. The first-order valence-corrected chi connectivity index (χ1v) is 7.13. The quantitative estimate of drug-likeness (QED) is 0.810. The molecule has 4 nitrogen and oxygen atoms in total. The van der Waals surface area contributed by atoms with E-state index in [9.17, 15) is 14.6 Å². The SMILES string of the molecule is CNCC1(O)Cc2cc(O)ccc2C1Oc1ccccc1F. The molecule has 22 heavy (non-hydrogen) atoms. The molecule has 2 aromatic carbocycles. The second kappa shape index (κ2) is 5.59. The predicted molar refractivity (Wildman–Crippen MR) is 80.5 cm³/mol. The highest BCUT2D eigenvalue weighted by atomic mass is 19.1. The molecule has 2 aromatic rings. The van der Waals surface area contributed by atoms with Gasteiger partial charge in [-0.3, -0.25) is 0 Å². The molecule has 0 heterocycles. The van der Waals surface area contributed by atoms with E-state index in [1.165, 1.54) is 12.1 Å². The van der Waals surface area contributed by atoms with Gasteiger partial charge >= 0.3 is 0 Å². The van der Waals surface area contributed by atoms with Crippen molar-refractivity contribution in [2.24, 2.45) is 0 Å². The molecule has 0 radical (unpaired) electrons. The summed E-state index contributed by atoms with van der Waals surface area (Å²) in [6.07, 6.45) is -0.371. The summed E-state index contributed by atoms with van der Waals surface area (Å²) in [5.74, 6) is -0.235. The second-order valence-corrected chi connectivity index (χ2v) is 5.62. The number of ether oxygens (including phenoxy) is 1. The van der Waals surface area contributed by atoms with Crippen LogP contribution in [0.5, 0.6) is 11.5 Å². The van der Waals surface area contributed by atoms with Crippen LogP contribution in [-0.2, 0) is 6.42 Å². The Kier molecular flexibility index (Phi) is 3.76. The molecule has 0 aromatic heterocycles. The highest BCUT2D eigenvalue weighted by Gasteiger charge is 2.46. The molecule has 116 valence electrons. The average Bonchev–Trinajstić information content (AvgIpc) is 2.73. The van der Waals surface area contributed by atoms with Crippen LogP contribution in [0, 0.1) is 5.82 Å². The van der Waals surface area contributed by atoms with Crippen molar-refractivity contribution in [1.82, 2.24) is 5.32 Å². The fraction of sp³-hybridized carbons (Fsp3) is 0.294. The van der Waals surface area contributed by atoms with Gasteiger partial charge < -0.3 is 20.3 Å². The molecule has 2 unspecified atom stereocenters. The lowest BCUT2D eigenvalue weighted by Crippen LogP contribution is -2.45. The molecule has 0 spiro atoms. The number of fused-ring (bicyclic) bond motifs is 1. The van der Waals surface area contributed by atoms with Crippen LogP contribution >= 0.6 is 0 Å². The summed E-state index contributed by atoms with van der Waals surface area (Å²) in [5, 5.41) is 23.5. The number of phenols is 1. The normalized spacial score (nSPS) is 23.3. The molecule has 3 N–H and O–H groups in total. The number of hydrogen-bond donors (Lipinski definition) is 3.